The monoisotopic (exact) mass is 427 g/mol. The van der Waals surface area contributed by atoms with Crippen LogP contribution in [-0.4, -0.2) is 27.7 Å². The van der Waals surface area contributed by atoms with Crippen molar-refractivity contribution in [3.05, 3.63) is 90.0 Å². The molecule has 0 spiro atoms. The first-order valence-corrected chi connectivity index (χ1v) is 11.5. The molecule has 3 aromatic rings. The molecular weight excluding hydrogens is 406 g/mol. The van der Waals surface area contributed by atoms with Gasteiger partial charge < -0.3 is 4.74 Å². The zero-order chi connectivity index (χ0) is 20.9. The Labute approximate surface area is 175 Å². The molecule has 7 heteroatoms. The van der Waals surface area contributed by atoms with Gasteiger partial charge in [0.15, 0.2) is 0 Å². The van der Waals surface area contributed by atoms with Gasteiger partial charge in [-0.05, 0) is 60.4 Å². The standard InChI is InChI=1S/C22H21NO4S2/c1-23(19-6-4-3-5-7-19)29(25,26)21-14-10-18(11-15-21)22(24)27-16-17-8-12-20(28-2)13-9-17/h3-15H,16H2,1-2H3. The summed E-state index contributed by atoms with van der Waals surface area (Å²) in [6.45, 7) is 0.157. The van der Waals surface area contributed by atoms with Crippen molar-refractivity contribution in [2.75, 3.05) is 17.6 Å². The summed E-state index contributed by atoms with van der Waals surface area (Å²) in [5.41, 5.74) is 1.75. The van der Waals surface area contributed by atoms with E-state index in [0.717, 1.165) is 10.5 Å². The van der Waals surface area contributed by atoms with E-state index in [0.29, 0.717) is 11.3 Å². The second-order valence-corrected chi connectivity index (χ2v) is 9.11. The maximum Gasteiger partial charge on any atom is 0.338 e. The van der Waals surface area contributed by atoms with E-state index >= 15 is 0 Å². The number of anilines is 1. The summed E-state index contributed by atoms with van der Waals surface area (Å²) in [5.74, 6) is -0.501. The predicted molar refractivity (Wildman–Crippen MR) is 116 cm³/mol. The smallest absolute Gasteiger partial charge is 0.338 e. The van der Waals surface area contributed by atoms with Crippen molar-refractivity contribution >= 4 is 33.4 Å². The number of sulfonamides is 1. The minimum absolute atomic E-state index is 0.105. The van der Waals surface area contributed by atoms with Crippen LogP contribution < -0.4 is 4.31 Å². The van der Waals surface area contributed by atoms with Crippen LogP contribution in [0.5, 0.6) is 0 Å². The van der Waals surface area contributed by atoms with Gasteiger partial charge in [0, 0.05) is 11.9 Å². The largest absolute Gasteiger partial charge is 0.457 e. The SMILES string of the molecule is CSc1ccc(COC(=O)c2ccc(S(=O)(=O)N(C)c3ccccc3)cc2)cc1. The van der Waals surface area contributed by atoms with E-state index < -0.39 is 16.0 Å². The molecular formula is C22H21NO4S2. The number of thioether (sulfide) groups is 1. The molecule has 0 saturated heterocycles. The Hall–Kier alpha value is -2.77. The number of ether oxygens (including phenoxy) is 1. The summed E-state index contributed by atoms with van der Waals surface area (Å²) in [6, 6.07) is 22.3. The van der Waals surface area contributed by atoms with Crippen molar-refractivity contribution < 1.29 is 17.9 Å². The Kier molecular flexibility index (Phi) is 6.61. The third-order valence-electron chi connectivity index (χ3n) is 4.40. The molecule has 0 aromatic heterocycles. The molecule has 0 aliphatic carbocycles. The maximum absolute atomic E-state index is 12.8. The normalized spacial score (nSPS) is 11.1. The fraction of sp³-hybridized carbons (Fsp3) is 0.136. The van der Waals surface area contributed by atoms with E-state index in [2.05, 4.69) is 0 Å². The lowest BCUT2D eigenvalue weighted by atomic mass is 10.2. The highest BCUT2D eigenvalue weighted by Crippen LogP contribution is 2.22. The number of carbonyl (C=O) groups excluding carboxylic acids is 1. The quantitative estimate of drug-likeness (QED) is 0.408. The highest BCUT2D eigenvalue weighted by molar-refractivity contribution is 7.98. The molecule has 0 unspecified atom stereocenters. The predicted octanol–water partition coefficient (Wildman–Crippen LogP) is 4.59. The molecule has 0 saturated carbocycles. The van der Waals surface area contributed by atoms with E-state index in [9.17, 15) is 13.2 Å². The molecule has 0 aliphatic rings. The minimum Gasteiger partial charge on any atom is -0.457 e. The molecule has 5 nitrogen and oxygen atoms in total. The van der Waals surface area contributed by atoms with Crippen LogP contribution in [0.4, 0.5) is 5.69 Å². The zero-order valence-corrected chi connectivity index (χ0v) is 17.7. The minimum atomic E-state index is -3.72. The van der Waals surface area contributed by atoms with Crippen LogP contribution in [0.15, 0.2) is 88.7 Å². The van der Waals surface area contributed by atoms with Crippen LogP contribution in [0.1, 0.15) is 15.9 Å². The van der Waals surface area contributed by atoms with E-state index in [1.54, 1.807) is 36.0 Å². The molecule has 0 radical (unpaired) electrons. The van der Waals surface area contributed by atoms with E-state index in [1.165, 1.54) is 35.6 Å². The lowest BCUT2D eigenvalue weighted by molar-refractivity contribution is 0.0472. The van der Waals surface area contributed by atoms with E-state index in [-0.39, 0.29) is 11.5 Å². The number of hydrogen-bond acceptors (Lipinski definition) is 5. The number of esters is 1. The fourth-order valence-corrected chi connectivity index (χ4v) is 4.26. The summed E-state index contributed by atoms with van der Waals surface area (Å²) >= 11 is 1.64. The van der Waals surface area contributed by atoms with Gasteiger partial charge in [-0.15, -0.1) is 11.8 Å². The first-order chi connectivity index (χ1) is 13.9. The molecule has 0 N–H and O–H groups in total. The summed E-state index contributed by atoms with van der Waals surface area (Å²) < 4.78 is 32.1. The van der Waals surface area contributed by atoms with Crippen molar-refractivity contribution in [3.8, 4) is 0 Å². The number of para-hydroxylation sites is 1. The number of benzene rings is 3. The van der Waals surface area contributed by atoms with Crippen LogP contribution in [0.25, 0.3) is 0 Å². The average molecular weight is 428 g/mol. The van der Waals surface area contributed by atoms with Crippen molar-refractivity contribution in [2.45, 2.75) is 16.4 Å². The lowest BCUT2D eigenvalue weighted by Crippen LogP contribution is -2.26. The Balaban J connectivity index is 1.67. The topological polar surface area (TPSA) is 63.7 Å². The zero-order valence-electron chi connectivity index (χ0n) is 16.1. The second-order valence-electron chi connectivity index (χ2n) is 6.26. The summed E-state index contributed by atoms with van der Waals surface area (Å²) in [4.78, 5) is 13.5. The van der Waals surface area contributed by atoms with Gasteiger partial charge in [0.1, 0.15) is 6.61 Å². The van der Waals surface area contributed by atoms with Crippen molar-refractivity contribution in [2.24, 2.45) is 0 Å². The van der Waals surface area contributed by atoms with Gasteiger partial charge in [0.25, 0.3) is 10.0 Å². The molecule has 0 bridgehead atoms. The van der Waals surface area contributed by atoms with Crippen LogP contribution >= 0.6 is 11.8 Å². The molecule has 0 fully saturated rings. The van der Waals surface area contributed by atoms with Crippen LogP contribution in [-0.2, 0) is 21.4 Å². The molecule has 3 aromatic carbocycles. The van der Waals surface area contributed by atoms with Gasteiger partial charge in [-0.25, -0.2) is 13.2 Å². The van der Waals surface area contributed by atoms with Crippen molar-refractivity contribution in [1.82, 2.24) is 0 Å². The van der Waals surface area contributed by atoms with Crippen LogP contribution in [0.2, 0.25) is 0 Å². The van der Waals surface area contributed by atoms with E-state index in [4.69, 9.17) is 4.74 Å². The average Bonchev–Trinajstić information content (AvgIpc) is 2.78. The van der Waals surface area contributed by atoms with Crippen molar-refractivity contribution in [3.63, 3.8) is 0 Å². The molecule has 150 valence electrons. The lowest BCUT2D eigenvalue weighted by Gasteiger charge is -2.19. The second kappa shape index (κ2) is 9.15. The molecule has 0 amide bonds. The maximum atomic E-state index is 12.8. The summed E-state index contributed by atoms with van der Waals surface area (Å²) in [5, 5.41) is 0. The third kappa shape index (κ3) is 4.99. The van der Waals surface area contributed by atoms with Crippen LogP contribution in [0, 0.1) is 0 Å². The molecule has 0 heterocycles. The number of rotatable bonds is 7. The van der Waals surface area contributed by atoms with Gasteiger partial charge >= 0.3 is 5.97 Å². The highest BCUT2D eigenvalue weighted by Gasteiger charge is 2.21. The van der Waals surface area contributed by atoms with E-state index in [1.807, 2.05) is 36.6 Å². The van der Waals surface area contributed by atoms with Gasteiger partial charge in [0.2, 0.25) is 0 Å². The van der Waals surface area contributed by atoms with Crippen LogP contribution in [0.3, 0.4) is 0 Å². The third-order valence-corrected chi connectivity index (χ3v) is 6.94. The Morgan fingerprint density at radius 2 is 1.55 bits per heavy atom. The first kappa shape index (κ1) is 21.0. The van der Waals surface area contributed by atoms with Gasteiger partial charge in [-0.1, -0.05) is 30.3 Å². The molecule has 0 atom stereocenters. The first-order valence-electron chi connectivity index (χ1n) is 8.86. The summed E-state index contributed by atoms with van der Waals surface area (Å²) in [7, 11) is -2.22. The molecule has 29 heavy (non-hydrogen) atoms. The van der Waals surface area contributed by atoms with Gasteiger partial charge in [0.05, 0.1) is 16.1 Å². The highest BCUT2D eigenvalue weighted by atomic mass is 32.2. The molecule has 3 rings (SSSR count). The van der Waals surface area contributed by atoms with Gasteiger partial charge in [-0.2, -0.15) is 0 Å². The Morgan fingerprint density at radius 3 is 2.14 bits per heavy atom. The Morgan fingerprint density at radius 1 is 0.931 bits per heavy atom. The summed E-state index contributed by atoms with van der Waals surface area (Å²) in [6.07, 6.45) is 2.00. The molecule has 0 aliphatic heterocycles. The Bertz CT molecular complexity index is 1060. The number of hydrogen-bond donors (Lipinski definition) is 0. The van der Waals surface area contributed by atoms with Gasteiger partial charge in [-0.3, -0.25) is 4.31 Å². The fourth-order valence-electron chi connectivity index (χ4n) is 2.65. The number of carbonyl (C=O) groups is 1. The number of nitrogens with zero attached hydrogens (tertiary/aromatic N) is 1. The van der Waals surface area contributed by atoms with Crippen molar-refractivity contribution in [1.29, 1.82) is 0 Å².